The fourth-order valence-corrected chi connectivity index (χ4v) is 1.03. The molecule has 0 saturated heterocycles. The molecule has 1 rings (SSSR count). The predicted octanol–water partition coefficient (Wildman–Crippen LogP) is 2.02. The summed E-state index contributed by atoms with van der Waals surface area (Å²) in [6.45, 7) is 5.95. The van der Waals surface area contributed by atoms with Gasteiger partial charge in [-0.2, -0.15) is 0 Å². The van der Waals surface area contributed by atoms with Gasteiger partial charge >= 0.3 is 0 Å². The van der Waals surface area contributed by atoms with Gasteiger partial charge in [-0.1, -0.05) is 0 Å². The standard InChI is InChI=1S/C11H17NO2/c1-11(2,3)14-8-10(13)9-5-6-12(4)7-9/h5-7H,8H2,1-4H3. The summed E-state index contributed by atoms with van der Waals surface area (Å²) in [4.78, 5) is 11.6. The summed E-state index contributed by atoms with van der Waals surface area (Å²) in [6.07, 6.45) is 3.65. The molecule has 1 heterocycles. The van der Waals surface area contributed by atoms with E-state index in [1.165, 1.54) is 0 Å². The molecule has 3 heteroatoms. The summed E-state index contributed by atoms with van der Waals surface area (Å²) in [6, 6.07) is 1.80. The van der Waals surface area contributed by atoms with E-state index in [9.17, 15) is 4.79 Å². The van der Waals surface area contributed by atoms with Gasteiger partial charge in [-0.25, -0.2) is 0 Å². The number of rotatable bonds is 3. The van der Waals surface area contributed by atoms with Crippen LogP contribution in [0.25, 0.3) is 0 Å². The lowest BCUT2D eigenvalue weighted by Gasteiger charge is -2.18. The maximum absolute atomic E-state index is 11.6. The third kappa shape index (κ3) is 3.34. The van der Waals surface area contributed by atoms with Crippen LogP contribution in [0.3, 0.4) is 0 Å². The molecule has 0 aromatic carbocycles. The highest BCUT2D eigenvalue weighted by molar-refractivity contribution is 5.96. The van der Waals surface area contributed by atoms with Crippen LogP contribution in [0.1, 0.15) is 31.1 Å². The molecule has 1 aromatic heterocycles. The number of aromatic nitrogens is 1. The molecule has 78 valence electrons. The molecule has 3 nitrogen and oxygen atoms in total. The lowest BCUT2D eigenvalue weighted by Crippen LogP contribution is -2.23. The van der Waals surface area contributed by atoms with Crippen LogP contribution in [0.15, 0.2) is 18.5 Å². The topological polar surface area (TPSA) is 31.2 Å². The molecule has 0 atom stereocenters. The summed E-state index contributed by atoms with van der Waals surface area (Å²) >= 11 is 0. The van der Waals surface area contributed by atoms with Crippen molar-refractivity contribution in [2.24, 2.45) is 7.05 Å². The van der Waals surface area contributed by atoms with Gasteiger partial charge in [0.1, 0.15) is 6.61 Å². The Kier molecular flexibility index (Phi) is 3.11. The first-order valence-corrected chi connectivity index (χ1v) is 4.67. The Hall–Kier alpha value is -1.09. The van der Waals surface area contributed by atoms with Crippen molar-refractivity contribution in [2.75, 3.05) is 6.61 Å². The van der Waals surface area contributed by atoms with Crippen molar-refractivity contribution in [1.29, 1.82) is 0 Å². The van der Waals surface area contributed by atoms with Crippen LogP contribution in [0.5, 0.6) is 0 Å². The van der Waals surface area contributed by atoms with E-state index in [1.54, 1.807) is 12.3 Å². The summed E-state index contributed by atoms with van der Waals surface area (Å²) in [5.41, 5.74) is 0.446. The van der Waals surface area contributed by atoms with E-state index in [0.29, 0.717) is 5.56 Å². The average molecular weight is 195 g/mol. The van der Waals surface area contributed by atoms with Crippen LogP contribution in [0.4, 0.5) is 0 Å². The number of ketones is 1. The van der Waals surface area contributed by atoms with Crippen LogP contribution < -0.4 is 0 Å². The van der Waals surface area contributed by atoms with Crippen LogP contribution >= 0.6 is 0 Å². The van der Waals surface area contributed by atoms with Gasteiger partial charge in [0.2, 0.25) is 0 Å². The maximum Gasteiger partial charge on any atom is 0.190 e. The maximum atomic E-state index is 11.6. The highest BCUT2D eigenvalue weighted by Crippen LogP contribution is 2.08. The normalized spacial score (nSPS) is 11.7. The van der Waals surface area contributed by atoms with Gasteiger partial charge in [0.05, 0.1) is 5.60 Å². The largest absolute Gasteiger partial charge is 0.368 e. The smallest absolute Gasteiger partial charge is 0.190 e. The Bertz CT molecular complexity index is 320. The molecule has 0 aliphatic rings. The Morgan fingerprint density at radius 3 is 2.57 bits per heavy atom. The van der Waals surface area contributed by atoms with Crippen molar-refractivity contribution < 1.29 is 9.53 Å². The number of hydrogen-bond donors (Lipinski definition) is 0. The quantitative estimate of drug-likeness (QED) is 0.691. The second-order valence-corrected chi connectivity index (χ2v) is 4.39. The number of carbonyl (C=O) groups excluding carboxylic acids is 1. The van der Waals surface area contributed by atoms with Crippen molar-refractivity contribution in [3.8, 4) is 0 Å². The van der Waals surface area contributed by atoms with Crippen molar-refractivity contribution >= 4 is 5.78 Å². The van der Waals surface area contributed by atoms with Crippen molar-refractivity contribution in [3.63, 3.8) is 0 Å². The van der Waals surface area contributed by atoms with E-state index in [4.69, 9.17) is 4.74 Å². The molecule has 0 radical (unpaired) electrons. The van der Waals surface area contributed by atoms with E-state index in [-0.39, 0.29) is 18.0 Å². The SMILES string of the molecule is Cn1ccc(C(=O)COC(C)(C)C)c1. The molecule has 1 aromatic rings. The lowest BCUT2D eigenvalue weighted by molar-refractivity contribution is 0.00307. The van der Waals surface area contributed by atoms with E-state index < -0.39 is 0 Å². The zero-order chi connectivity index (χ0) is 10.8. The molecular formula is C11H17NO2. The number of hydrogen-bond acceptors (Lipinski definition) is 2. The molecular weight excluding hydrogens is 178 g/mol. The number of Topliss-reactive ketones (excluding diaryl/α,β-unsaturated/α-hetero) is 1. The number of ether oxygens (including phenoxy) is 1. The summed E-state index contributed by atoms with van der Waals surface area (Å²) in [5.74, 6) is 0.0283. The first-order valence-electron chi connectivity index (χ1n) is 4.67. The van der Waals surface area contributed by atoms with E-state index in [2.05, 4.69) is 0 Å². The van der Waals surface area contributed by atoms with Crippen molar-refractivity contribution in [3.05, 3.63) is 24.0 Å². The molecule has 0 aliphatic carbocycles. The minimum Gasteiger partial charge on any atom is -0.368 e. The van der Waals surface area contributed by atoms with Crippen LogP contribution in [0, 0.1) is 0 Å². The number of aryl methyl sites for hydroxylation is 1. The van der Waals surface area contributed by atoms with Gasteiger partial charge in [0.25, 0.3) is 0 Å². The molecule has 0 amide bonds. The van der Waals surface area contributed by atoms with Gasteiger partial charge < -0.3 is 9.30 Å². The van der Waals surface area contributed by atoms with Gasteiger partial charge in [-0.3, -0.25) is 4.79 Å². The molecule has 0 N–H and O–H groups in total. The van der Waals surface area contributed by atoms with E-state index in [0.717, 1.165) is 0 Å². The fraction of sp³-hybridized carbons (Fsp3) is 0.545. The zero-order valence-electron chi connectivity index (χ0n) is 9.20. The second kappa shape index (κ2) is 3.96. The third-order valence-electron chi connectivity index (χ3n) is 1.79. The molecule has 14 heavy (non-hydrogen) atoms. The Balaban J connectivity index is 2.52. The van der Waals surface area contributed by atoms with Crippen molar-refractivity contribution in [1.82, 2.24) is 4.57 Å². The molecule has 0 unspecified atom stereocenters. The number of nitrogens with zero attached hydrogens (tertiary/aromatic N) is 1. The minimum absolute atomic E-state index is 0.0283. The van der Waals surface area contributed by atoms with Crippen LogP contribution in [-0.4, -0.2) is 22.6 Å². The van der Waals surface area contributed by atoms with Crippen molar-refractivity contribution in [2.45, 2.75) is 26.4 Å². The highest BCUT2D eigenvalue weighted by Gasteiger charge is 2.14. The van der Waals surface area contributed by atoms with Crippen LogP contribution in [-0.2, 0) is 11.8 Å². The molecule has 0 aliphatic heterocycles. The van der Waals surface area contributed by atoms with E-state index >= 15 is 0 Å². The second-order valence-electron chi connectivity index (χ2n) is 4.39. The Morgan fingerprint density at radius 1 is 1.50 bits per heavy atom. The molecule has 0 bridgehead atoms. The van der Waals surface area contributed by atoms with Gasteiger partial charge in [-0.15, -0.1) is 0 Å². The minimum atomic E-state index is -0.259. The number of carbonyl (C=O) groups is 1. The lowest BCUT2D eigenvalue weighted by atomic mass is 10.2. The predicted molar refractivity (Wildman–Crippen MR) is 55.4 cm³/mol. The fourth-order valence-electron chi connectivity index (χ4n) is 1.03. The van der Waals surface area contributed by atoms with E-state index in [1.807, 2.05) is 38.6 Å². The van der Waals surface area contributed by atoms with Gasteiger partial charge in [0, 0.05) is 25.0 Å². The van der Waals surface area contributed by atoms with Crippen LogP contribution in [0.2, 0.25) is 0 Å². The summed E-state index contributed by atoms with van der Waals surface area (Å²) in [7, 11) is 1.89. The monoisotopic (exact) mass is 195 g/mol. The summed E-state index contributed by atoms with van der Waals surface area (Å²) < 4.78 is 7.25. The van der Waals surface area contributed by atoms with Gasteiger partial charge in [0.15, 0.2) is 5.78 Å². The molecule has 0 spiro atoms. The summed E-state index contributed by atoms with van der Waals surface area (Å²) in [5, 5.41) is 0. The molecule has 0 saturated carbocycles. The first-order chi connectivity index (χ1) is 6.38. The highest BCUT2D eigenvalue weighted by atomic mass is 16.5. The average Bonchev–Trinajstić information content (AvgIpc) is 2.46. The Labute approximate surface area is 84.7 Å². The zero-order valence-corrected chi connectivity index (χ0v) is 9.20. The molecule has 0 fully saturated rings. The Morgan fingerprint density at radius 2 is 2.14 bits per heavy atom. The first kappa shape index (κ1) is 11.0. The van der Waals surface area contributed by atoms with Gasteiger partial charge in [-0.05, 0) is 26.8 Å². The third-order valence-corrected chi connectivity index (χ3v) is 1.79.